The number of anilines is 1. The summed E-state index contributed by atoms with van der Waals surface area (Å²) in [5.74, 6) is 0.836. The third kappa shape index (κ3) is 4.91. The quantitative estimate of drug-likeness (QED) is 0.507. The number of nitrogens with two attached hydrogens (primary N) is 1. The molecule has 0 unspecified atom stereocenters. The SMILES string of the molecule is Cl.NCCOc1cccc(CCCNc2cc(Cl)cn3c(=O)[nH]nc23)c1. The minimum absolute atomic E-state index is 0. The Morgan fingerprint density at radius 3 is 3.00 bits per heavy atom. The summed E-state index contributed by atoms with van der Waals surface area (Å²) in [5, 5.41) is 10.2. The third-order valence-electron chi connectivity index (χ3n) is 3.72. The van der Waals surface area contributed by atoms with Crippen LogP contribution in [0, 0.1) is 0 Å². The van der Waals surface area contributed by atoms with Crippen molar-refractivity contribution in [2.75, 3.05) is 25.0 Å². The number of fused-ring (bicyclic) bond motifs is 1. The first-order valence-corrected chi connectivity index (χ1v) is 8.47. The Morgan fingerprint density at radius 1 is 1.35 bits per heavy atom. The summed E-state index contributed by atoms with van der Waals surface area (Å²) in [6, 6.07) is 9.76. The number of aromatic amines is 1. The Kier molecular flexibility index (Phi) is 7.32. The molecule has 0 aliphatic rings. The second-order valence-corrected chi connectivity index (χ2v) is 6.05. The number of pyridine rings is 1. The lowest BCUT2D eigenvalue weighted by atomic mass is 10.1. The highest BCUT2D eigenvalue weighted by Crippen LogP contribution is 2.19. The number of ether oxygens (including phenoxy) is 1. The van der Waals surface area contributed by atoms with E-state index < -0.39 is 0 Å². The zero-order valence-electron chi connectivity index (χ0n) is 14.1. The van der Waals surface area contributed by atoms with Gasteiger partial charge in [0.15, 0.2) is 5.65 Å². The van der Waals surface area contributed by atoms with Crippen molar-refractivity contribution in [3.8, 4) is 5.75 Å². The highest BCUT2D eigenvalue weighted by Gasteiger charge is 2.07. The molecule has 0 bridgehead atoms. The van der Waals surface area contributed by atoms with Gasteiger partial charge in [-0.1, -0.05) is 23.7 Å². The van der Waals surface area contributed by atoms with E-state index in [9.17, 15) is 4.79 Å². The first kappa shape index (κ1) is 20.1. The normalized spacial score (nSPS) is 10.5. The van der Waals surface area contributed by atoms with Crippen molar-refractivity contribution >= 4 is 35.3 Å². The van der Waals surface area contributed by atoms with Gasteiger partial charge in [-0.2, -0.15) is 5.10 Å². The van der Waals surface area contributed by atoms with Crippen LogP contribution >= 0.6 is 24.0 Å². The summed E-state index contributed by atoms with van der Waals surface area (Å²) in [7, 11) is 0. The molecular weight excluding hydrogens is 377 g/mol. The molecule has 3 aromatic rings. The molecule has 7 nitrogen and oxygen atoms in total. The predicted octanol–water partition coefficient (Wildman–Crippen LogP) is 2.48. The van der Waals surface area contributed by atoms with E-state index in [1.165, 1.54) is 9.96 Å². The lowest BCUT2D eigenvalue weighted by Gasteiger charge is -2.09. The number of aryl methyl sites for hydroxylation is 1. The van der Waals surface area contributed by atoms with Crippen molar-refractivity contribution in [1.29, 1.82) is 0 Å². The molecule has 0 radical (unpaired) electrons. The van der Waals surface area contributed by atoms with Crippen LogP contribution in [-0.4, -0.2) is 34.3 Å². The molecule has 0 atom stereocenters. The summed E-state index contributed by atoms with van der Waals surface area (Å²) < 4.78 is 6.93. The Labute approximate surface area is 161 Å². The number of halogens is 2. The van der Waals surface area contributed by atoms with Crippen molar-refractivity contribution < 1.29 is 4.74 Å². The predicted molar refractivity (Wildman–Crippen MR) is 106 cm³/mol. The summed E-state index contributed by atoms with van der Waals surface area (Å²) in [6.07, 6.45) is 3.35. The van der Waals surface area contributed by atoms with Crippen LogP contribution in [0.5, 0.6) is 5.75 Å². The Balaban J connectivity index is 0.00000243. The van der Waals surface area contributed by atoms with E-state index in [-0.39, 0.29) is 18.1 Å². The molecule has 0 aliphatic heterocycles. The molecule has 0 amide bonds. The Bertz CT molecular complexity index is 910. The second kappa shape index (κ2) is 9.47. The van der Waals surface area contributed by atoms with Gasteiger partial charge >= 0.3 is 5.69 Å². The Hall–Kier alpha value is -2.22. The van der Waals surface area contributed by atoms with E-state index in [0.717, 1.165) is 30.8 Å². The molecular formula is C17H21Cl2N5O2. The first-order chi connectivity index (χ1) is 12.2. The number of aromatic nitrogens is 3. The van der Waals surface area contributed by atoms with E-state index in [1.807, 2.05) is 18.2 Å². The highest BCUT2D eigenvalue weighted by atomic mass is 35.5. The number of nitrogens with one attached hydrogen (secondary N) is 2. The number of hydrogen-bond acceptors (Lipinski definition) is 5. The van der Waals surface area contributed by atoms with Gasteiger partial charge in [0.1, 0.15) is 12.4 Å². The van der Waals surface area contributed by atoms with E-state index in [1.54, 1.807) is 12.3 Å². The minimum atomic E-state index is -0.310. The molecule has 4 N–H and O–H groups in total. The molecule has 2 heterocycles. The van der Waals surface area contributed by atoms with Crippen LogP contribution in [0.2, 0.25) is 5.02 Å². The number of benzene rings is 1. The van der Waals surface area contributed by atoms with Crippen LogP contribution in [-0.2, 0) is 6.42 Å². The van der Waals surface area contributed by atoms with Crippen LogP contribution in [0.4, 0.5) is 5.69 Å². The smallest absolute Gasteiger partial charge is 0.347 e. The first-order valence-electron chi connectivity index (χ1n) is 8.09. The molecule has 0 aliphatic carbocycles. The van der Waals surface area contributed by atoms with E-state index >= 15 is 0 Å². The van der Waals surface area contributed by atoms with Crippen molar-refractivity contribution in [1.82, 2.24) is 14.6 Å². The molecule has 26 heavy (non-hydrogen) atoms. The van der Waals surface area contributed by atoms with Gasteiger partial charge in [-0.15, -0.1) is 12.4 Å². The third-order valence-corrected chi connectivity index (χ3v) is 3.93. The van der Waals surface area contributed by atoms with E-state index in [4.69, 9.17) is 22.1 Å². The topological polar surface area (TPSA) is 97.4 Å². The zero-order chi connectivity index (χ0) is 17.6. The van der Waals surface area contributed by atoms with Crippen molar-refractivity contribution in [2.45, 2.75) is 12.8 Å². The molecule has 3 rings (SSSR count). The van der Waals surface area contributed by atoms with Crippen LogP contribution in [0.25, 0.3) is 5.65 Å². The average molecular weight is 398 g/mol. The summed E-state index contributed by atoms with van der Waals surface area (Å²) in [5.41, 5.74) is 7.60. The van der Waals surface area contributed by atoms with Gasteiger partial charge in [-0.05, 0) is 36.6 Å². The molecule has 1 aromatic carbocycles. The van der Waals surface area contributed by atoms with E-state index in [0.29, 0.717) is 23.8 Å². The standard InChI is InChI=1S/C17H20ClN5O2.ClH/c18-13-10-15(16-21-22-17(24)23(16)11-13)20-7-2-4-12-3-1-5-14(9-12)25-8-6-19;/h1,3,5,9-11,20H,2,4,6-8,19H2,(H,22,24);1H. The molecule has 0 spiro atoms. The van der Waals surface area contributed by atoms with Gasteiger partial charge in [0, 0.05) is 19.3 Å². The van der Waals surface area contributed by atoms with Gasteiger partial charge in [0.2, 0.25) is 0 Å². The van der Waals surface area contributed by atoms with Gasteiger partial charge < -0.3 is 15.8 Å². The lowest BCUT2D eigenvalue weighted by molar-refractivity contribution is 0.328. The maximum Gasteiger partial charge on any atom is 0.347 e. The fourth-order valence-corrected chi connectivity index (χ4v) is 2.80. The maximum atomic E-state index is 11.6. The van der Waals surface area contributed by atoms with Gasteiger partial charge in [-0.25, -0.2) is 14.3 Å². The lowest BCUT2D eigenvalue weighted by Crippen LogP contribution is -2.11. The number of hydrogen-bond donors (Lipinski definition) is 3. The van der Waals surface area contributed by atoms with Crippen LogP contribution < -0.4 is 21.5 Å². The fraction of sp³-hybridized carbons (Fsp3) is 0.294. The Morgan fingerprint density at radius 2 is 2.19 bits per heavy atom. The van der Waals surface area contributed by atoms with Crippen LogP contribution in [0.15, 0.2) is 41.3 Å². The minimum Gasteiger partial charge on any atom is -0.492 e. The van der Waals surface area contributed by atoms with Crippen molar-refractivity contribution in [3.05, 3.63) is 57.6 Å². The zero-order valence-corrected chi connectivity index (χ0v) is 15.6. The number of nitrogens with zero attached hydrogens (tertiary/aromatic N) is 2. The second-order valence-electron chi connectivity index (χ2n) is 5.61. The maximum absolute atomic E-state index is 11.6. The largest absolute Gasteiger partial charge is 0.492 e. The fourth-order valence-electron chi connectivity index (χ4n) is 2.59. The van der Waals surface area contributed by atoms with E-state index in [2.05, 4.69) is 21.6 Å². The summed E-state index contributed by atoms with van der Waals surface area (Å²) in [6.45, 7) is 1.74. The van der Waals surface area contributed by atoms with Crippen LogP contribution in [0.3, 0.4) is 0 Å². The van der Waals surface area contributed by atoms with Crippen molar-refractivity contribution in [2.24, 2.45) is 5.73 Å². The molecule has 2 aromatic heterocycles. The summed E-state index contributed by atoms with van der Waals surface area (Å²) >= 11 is 6.06. The average Bonchev–Trinajstić information content (AvgIpc) is 2.98. The molecule has 0 fully saturated rings. The van der Waals surface area contributed by atoms with Gasteiger partial charge in [-0.3, -0.25) is 0 Å². The molecule has 140 valence electrons. The van der Waals surface area contributed by atoms with Gasteiger partial charge in [0.25, 0.3) is 0 Å². The summed E-state index contributed by atoms with van der Waals surface area (Å²) in [4.78, 5) is 11.6. The highest BCUT2D eigenvalue weighted by molar-refractivity contribution is 6.30. The molecule has 0 saturated heterocycles. The molecule has 9 heteroatoms. The number of H-pyrrole nitrogens is 1. The monoisotopic (exact) mass is 397 g/mol. The number of rotatable bonds is 8. The van der Waals surface area contributed by atoms with Crippen LogP contribution in [0.1, 0.15) is 12.0 Å². The molecule has 0 saturated carbocycles. The van der Waals surface area contributed by atoms with Gasteiger partial charge in [0.05, 0.1) is 10.7 Å². The van der Waals surface area contributed by atoms with Crippen molar-refractivity contribution in [3.63, 3.8) is 0 Å².